The number of likely N-dealkylation sites (N-methyl/N-ethyl adjacent to an activating group) is 1. The molecule has 0 aromatic heterocycles. The zero-order valence-electron chi connectivity index (χ0n) is 10.4. The number of ether oxygens (including phenoxy) is 1. The summed E-state index contributed by atoms with van der Waals surface area (Å²) < 4.78 is 4.68. The smallest absolute Gasteiger partial charge is 0.319 e. The summed E-state index contributed by atoms with van der Waals surface area (Å²) in [4.78, 5) is 13.3. The number of nitrogens with zero attached hydrogens (tertiary/aromatic N) is 1. The van der Waals surface area contributed by atoms with Crippen LogP contribution >= 0.6 is 12.4 Å². The minimum Gasteiger partial charge on any atom is -0.468 e. The highest BCUT2D eigenvalue weighted by Gasteiger charge is 2.30. The molecule has 1 aliphatic rings. The number of nitrogens with one attached hydrogen (secondary N) is 1. The average Bonchev–Trinajstić information content (AvgIpc) is 2.63. The van der Waals surface area contributed by atoms with E-state index in [1.165, 1.54) is 13.5 Å². The Morgan fingerprint density at radius 2 is 2.25 bits per heavy atom. The predicted molar refractivity (Wildman–Crippen MR) is 67.0 cm³/mol. The molecule has 0 radical (unpaired) electrons. The lowest BCUT2D eigenvalue weighted by molar-refractivity contribution is -0.142. The number of esters is 1. The SMILES string of the molecule is CCN(CC(=O)OC)CC1(C)CCNC1.Cl. The van der Waals surface area contributed by atoms with E-state index in [-0.39, 0.29) is 18.4 Å². The zero-order valence-corrected chi connectivity index (χ0v) is 11.2. The first-order valence-corrected chi connectivity index (χ1v) is 5.59. The molecule has 0 aromatic rings. The number of hydrogen-bond donors (Lipinski definition) is 1. The van der Waals surface area contributed by atoms with Gasteiger partial charge in [-0.1, -0.05) is 13.8 Å². The van der Waals surface area contributed by atoms with Crippen LogP contribution in [0.15, 0.2) is 0 Å². The van der Waals surface area contributed by atoms with Crippen molar-refractivity contribution in [1.29, 1.82) is 0 Å². The molecular weight excluding hydrogens is 228 g/mol. The summed E-state index contributed by atoms with van der Waals surface area (Å²) in [5.74, 6) is -0.147. The van der Waals surface area contributed by atoms with E-state index in [4.69, 9.17) is 0 Å². The minimum atomic E-state index is -0.147. The van der Waals surface area contributed by atoms with E-state index in [0.717, 1.165) is 26.2 Å². The molecule has 0 amide bonds. The number of hydrogen-bond acceptors (Lipinski definition) is 4. The summed E-state index contributed by atoms with van der Waals surface area (Å²) in [6, 6.07) is 0. The van der Waals surface area contributed by atoms with Crippen molar-refractivity contribution in [3.63, 3.8) is 0 Å². The third-order valence-electron chi connectivity index (χ3n) is 3.09. The Kier molecular flexibility index (Phi) is 6.95. The Labute approximate surface area is 104 Å². The van der Waals surface area contributed by atoms with E-state index in [2.05, 4.69) is 28.8 Å². The van der Waals surface area contributed by atoms with Crippen molar-refractivity contribution < 1.29 is 9.53 Å². The molecule has 5 heteroatoms. The molecule has 0 saturated carbocycles. The van der Waals surface area contributed by atoms with Gasteiger partial charge in [0.15, 0.2) is 0 Å². The molecule has 16 heavy (non-hydrogen) atoms. The molecule has 1 fully saturated rings. The highest BCUT2D eigenvalue weighted by Crippen LogP contribution is 2.25. The maximum absolute atomic E-state index is 11.2. The highest BCUT2D eigenvalue weighted by molar-refractivity contribution is 5.85. The standard InChI is InChI=1S/C11H22N2O2.ClH/c1-4-13(7-10(14)15-3)9-11(2)5-6-12-8-11;/h12H,4-9H2,1-3H3;1H. The first kappa shape index (κ1) is 15.7. The Bertz CT molecular complexity index is 218. The van der Waals surface area contributed by atoms with Crippen LogP contribution in [0.5, 0.6) is 0 Å². The second-order valence-electron chi connectivity index (χ2n) is 4.62. The lowest BCUT2D eigenvalue weighted by Gasteiger charge is -2.30. The van der Waals surface area contributed by atoms with Gasteiger partial charge in [0.25, 0.3) is 0 Å². The van der Waals surface area contributed by atoms with Crippen molar-refractivity contribution in [1.82, 2.24) is 10.2 Å². The Balaban J connectivity index is 0.00000225. The zero-order chi connectivity index (χ0) is 11.3. The fourth-order valence-electron chi connectivity index (χ4n) is 2.07. The summed E-state index contributed by atoms with van der Waals surface area (Å²) in [6.45, 7) is 8.75. The molecule has 96 valence electrons. The second-order valence-corrected chi connectivity index (χ2v) is 4.62. The largest absolute Gasteiger partial charge is 0.468 e. The fourth-order valence-corrected chi connectivity index (χ4v) is 2.07. The third kappa shape index (κ3) is 4.68. The molecule has 1 rings (SSSR count). The summed E-state index contributed by atoms with van der Waals surface area (Å²) in [5, 5.41) is 3.37. The fraction of sp³-hybridized carbons (Fsp3) is 0.909. The third-order valence-corrected chi connectivity index (χ3v) is 3.09. The lowest BCUT2D eigenvalue weighted by atomic mass is 9.89. The van der Waals surface area contributed by atoms with E-state index in [1.54, 1.807) is 0 Å². The van der Waals surface area contributed by atoms with Crippen molar-refractivity contribution in [3.8, 4) is 0 Å². The van der Waals surface area contributed by atoms with E-state index < -0.39 is 0 Å². The lowest BCUT2D eigenvalue weighted by Crippen LogP contribution is -2.40. The van der Waals surface area contributed by atoms with E-state index in [9.17, 15) is 4.79 Å². The van der Waals surface area contributed by atoms with Gasteiger partial charge in [-0.25, -0.2) is 0 Å². The van der Waals surface area contributed by atoms with E-state index in [0.29, 0.717) is 12.0 Å². The van der Waals surface area contributed by atoms with Crippen molar-refractivity contribution in [2.24, 2.45) is 5.41 Å². The average molecular weight is 251 g/mol. The van der Waals surface area contributed by atoms with Crippen LogP contribution in [0.1, 0.15) is 20.3 Å². The molecule has 1 unspecified atom stereocenters. The molecule has 0 aromatic carbocycles. The Morgan fingerprint density at radius 3 is 2.69 bits per heavy atom. The van der Waals surface area contributed by atoms with Crippen molar-refractivity contribution in [2.45, 2.75) is 20.3 Å². The van der Waals surface area contributed by atoms with Gasteiger partial charge in [0.2, 0.25) is 0 Å². The normalized spacial score (nSPS) is 24.2. The van der Waals surface area contributed by atoms with Crippen LogP contribution in [-0.4, -0.2) is 50.7 Å². The maximum atomic E-state index is 11.2. The molecule has 1 N–H and O–H groups in total. The van der Waals surface area contributed by atoms with Crippen LogP contribution < -0.4 is 5.32 Å². The summed E-state index contributed by atoms with van der Waals surface area (Å²) in [7, 11) is 1.44. The molecule has 1 saturated heterocycles. The number of carbonyl (C=O) groups is 1. The quantitative estimate of drug-likeness (QED) is 0.737. The summed E-state index contributed by atoms with van der Waals surface area (Å²) in [5.41, 5.74) is 0.310. The number of carbonyl (C=O) groups excluding carboxylic acids is 1. The van der Waals surface area contributed by atoms with Gasteiger partial charge >= 0.3 is 5.97 Å². The molecule has 1 aliphatic heterocycles. The van der Waals surface area contributed by atoms with Crippen molar-refractivity contribution in [2.75, 3.05) is 39.8 Å². The highest BCUT2D eigenvalue weighted by atomic mass is 35.5. The van der Waals surface area contributed by atoms with E-state index in [1.807, 2.05) is 0 Å². The topological polar surface area (TPSA) is 41.6 Å². The van der Waals surface area contributed by atoms with Crippen molar-refractivity contribution in [3.05, 3.63) is 0 Å². The molecule has 0 bridgehead atoms. The molecule has 4 nitrogen and oxygen atoms in total. The van der Waals surface area contributed by atoms with Crippen LogP contribution in [0.3, 0.4) is 0 Å². The van der Waals surface area contributed by atoms with Crippen LogP contribution in [0, 0.1) is 5.41 Å². The van der Waals surface area contributed by atoms with Gasteiger partial charge in [-0.05, 0) is 24.9 Å². The first-order chi connectivity index (χ1) is 7.09. The monoisotopic (exact) mass is 250 g/mol. The van der Waals surface area contributed by atoms with Gasteiger partial charge in [0.1, 0.15) is 0 Å². The Morgan fingerprint density at radius 1 is 1.56 bits per heavy atom. The Hall–Kier alpha value is -0.320. The first-order valence-electron chi connectivity index (χ1n) is 5.59. The van der Waals surface area contributed by atoms with Gasteiger partial charge in [0, 0.05) is 13.1 Å². The number of methoxy groups -OCH3 is 1. The van der Waals surface area contributed by atoms with Crippen LogP contribution in [0.4, 0.5) is 0 Å². The van der Waals surface area contributed by atoms with Gasteiger partial charge in [-0.15, -0.1) is 12.4 Å². The molecular formula is C11H23ClN2O2. The van der Waals surface area contributed by atoms with Gasteiger partial charge in [-0.2, -0.15) is 0 Å². The van der Waals surface area contributed by atoms with Gasteiger partial charge in [-0.3, -0.25) is 9.69 Å². The number of rotatable bonds is 5. The van der Waals surface area contributed by atoms with E-state index >= 15 is 0 Å². The number of halogens is 1. The van der Waals surface area contributed by atoms with Crippen LogP contribution in [0.25, 0.3) is 0 Å². The van der Waals surface area contributed by atoms with Gasteiger partial charge in [0.05, 0.1) is 13.7 Å². The second kappa shape index (κ2) is 7.09. The van der Waals surface area contributed by atoms with Crippen LogP contribution in [0.2, 0.25) is 0 Å². The summed E-state index contributed by atoms with van der Waals surface area (Å²) >= 11 is 0. The maximum Gasteiger partial charge on any atom is 0.319 e. The summed E-state index contributed by atoms with van der Waals surface area (Å²) in [6.07, 6.45) is 1.19. The molecule has 1 atom stereocenters. The van der Waals surface area contributed by atoms with Gasteiger partial charge < -0.3 is 10.1 Å². The van der Waals surface area contributed by atoms with Crippen molar-refractivity contribution >= 4 is 18.4 Å². The molecule has 0 spiro atoms. The minimum absolute atomic E-state index is 0. The molecule has 0 aliphatic carbocycles. The molecule has 1 heterocycles. The van der Waals surface area contributed by atoms with Crippen LogP contribution in [-0.2, 0) is 9.53 Å². The predicted octanol–water partition coefficient (Wildman–Crippen LogP) is 0.903.